The second-order valence-electron chi connectivity index (χ2n) is 5.27. The summed E-state index contributed by atoms with van der Waals surface area (Å²) in [5, 5.41) is 23.9. The van der Waals surface area contributed by atoms with Crippen molar-refractivity contribution in [1.82, 2.24) is 25.5 Å². The van der Waals surface area contributed by atoms with Gasteiger partial charge in [0.2, 0.25) is 0 Å². The number of benzene rings is 1. The fourth-order valence-corrected chi connectivity index (χ4v) is 2.10. The Bertz CT molecular complexity index is 630. The predicted octanol–water partition coefficient (Wildman–Crippen LogP) is 1.45. The number of nitrogens with zero attached hydrogens (tertiary/aromatic N) is 4. The van der Waals surface area contributed by atoms with Gasteiger partial charge in [0.15, 0.2) is 0 Å². The number of aliphatic hydroxyl groups excluding tert-OH is 1. The van der Waals surface area contributed by atoms with Gasteiger partial charge in [-0.25, -0.2) is 0 Å². The average molecular weight is 324 g/mol. The van der Waals surface area contributed by atoms with Gasteiger partial charge in [-0.2, -0.15) is 4.68 Å². The number of hydrogen-bond donors (Lipinski definition) is 2. The van der Waals surface area contributed by atoms with Crippen molar-refractivity contribution in [1.29, 1.82) is 0 Å². The molecule has 1 amide bonds. The zero-order valence-corrected chi connectivity index (χ0v) is 13.2. The van der Waals surface area contributed by atoms with Crippen molar-refractivity contribution >= 4 is 17.5 Å². The van der Waals surface area contributed by atoms with Crippen LogP contribution in [0.15, 0.2) is 24.5 Å². The standard InChI is InChI=1S/C14H18ClN5O2/c1-9(2)13(21)5-6-16-14(22)11-7-10(15)3-4-12(11)20-8-17-18-19-20/h3-4,7-9,13,21H,5-6H2,1-2H3,(H,16,22). The maximum absolute atomic E-state index is 12.3. The van der Waals surface area contributed by atoms with E-state index < -0.39 is 6.10 Å². The van der Waals surface area contributed by atoms with E-state index in [0.717, 1.165) is 0 Å². The number of nitrogens with one attached hydrogen (secondary N) is 1. The molecule has 1 unspecified atom stereocenters. The van der Waals surface area contributed by atoms with Crippen LogP contribution in [0, 0.1) is 5.92 Å². The minimum Gasteiger partial charge on any atom is -0.393 e. The van der Waals surface area contributed by atoms with Crippen molar-refractivity contribution in [2.45, 2.75) is 26.4 Å². The van der Waals surface area contributed by atoms with Gasteiger partial charge in [0, 0.05) is 11.6 Å². The molecule has 0 spiro atoms. The second kappa shape index (κ2) is 7.33. The summed E-state index contributed by atoms with van der Waals surface area (Å²) < 4.78 is 1.40. The third kappa shape index (κ3) is 4.02. The largest absolute Gasteiger partial charge is 0.393 e. The van der Waals surface area contributed by atoms with Crippen LogP contribution in [0.3, 0.4) is 0 Å². The van der Waals surface area contributed by atoms with Gasteiger partial charge in [0.1, 0.15) is 6.33 Å². The molecule has 0 saturated heterocycles. The van der Waals surface area contributed by atoms with Gasteiger partial charge >= 0.3 is 0 Å². The molecule has 0 saturated carbocycles. The van der Waals surface area contributed by atoms with Crippen molar-refractivity contribution in [3.8, 4) is 5.69 Å². The zero-order valence-electron chi connectivity index (χ0n) is 12.4. The number of halogens is 1. The first-order chi connectivity index (χ1) is 10.5. The molecule has 1 aromatic carbocycles. The zero-order chi connectivity index (χ0) is 16.1. The number of rotatable bonds is 6. The number of tetrazole rings is 1. The quantitative estimate of drug-likeness (QED) is 0.839. The van der Waals surface area contributed by atoms with Gasteiger partial charge in [-0.15, -0.1) is 5.10 Å². The van der Waals surface area contributed by atoms with E-state index in [-0.39, 0.29) is 11.8 Å². The molecule has 2 N–H and O–H groups in total. The van der Waals surface area contributed by atoms with E-state index in [4.69, 9.17) is 11.6 Å². The molecule has 0 fully saturated rings. The fraction of sp³-hybridized carbons (Fsp3) is 0.429. The summed E-state index contributed by atoms with van der Waals surface area (Å²) in [5.74, 6) is -0.135. The molecule has 0 aliphatic heterocycles. The molecule has 0 aliphatic rings. The molecule has 8 heteroatoms. The minimum atomic E-state index is -0.446. The molecular formula is C14H18ClN5O2. The van der Waals surface area contributed by atoms with Crippen LogP contribution in [0.4, 0.5) is 0 Å². The Morgan fingerprint density at radius 3 is 2.86 bits per heavy atom. The minimum absolute atomic E-state index is 0.153. The molecule has 7 nitrogen and oxygen atoms in total. The Balaban J connectivity index is 2.11. The van der Waals surface area contributed by atoms with Gasteiger partial charge in [0.25, 0.3) is 5.91 Å². The van der Waals surface area contributed by atoms with Crippen LogP contribution < -0.4 is 5.32 Å². The summed E-state index contributed by atoms with van der Waals surface area (Å²) in [6.45, 7) is 4.23. The average Bonchev–Trinajstić information content (AvgIpc) is 3.00. The maximum Gasteiger partial charge on any atom is 0.253 e. The first-order valence-corrected chi connectivity index (χ1v) is 7.36. The Labute approximate surface area is 133 Å². The van der Waals surface area contributed by atoms with E-state index in [1.807, 2.05) is 13.8 Å². The van der Waals surface area contributed by atoms with Crippen LogP contribution in [0.25, 0.3) is 5.69 Å². The Morgan fingerprint density at radius 2 is 2.23 bits per heavy atom. The lowest BCUT2D eigenvalue weighted by Gasteiger charge is -2.15. The molecule has 2 aromatic rings. The van der Waals surface area contributed by atoms with Crippen LogP contribution >= 0.6 is 11.6 Å². The van der Waals surface area contributed by atoms with Crippen LogP contribution in [0.1, 0.15) is 30.6 Å². The molecule has 118 valence electrons. The summed E-state index contributed by atoms with van der Waals surface area (Å²) in [4.78, 5) is 12.3. The van der Waals surface area contributed by atoms with Crippen molar-refractivity contribution in [2.75, 3.05) is 6.54 Å². The summed E-state index contributed by atoms with van der Waals surface area (Å²) >= 11 is 5.97. The SMILES string of the molecule is CC(C)C(O)CCNC(=O)c1cc(Cl)ccc1-n1cnnn1. The first kappa shape index (κ1) is 16.4. The molecule has 0 radical (unpaired) electrons. The molecule has 0 aliphatic carbocycles. The van der Waals surface area contributed by atoms with Gasteiger partial charge < -0.3 is 10.4 Å². The second-order valence-corrected chi connectivity index (χ2v) is 5.71. The van der Waals surface area contributed by atoms with E-state index in [0.29, 0.717) is 29.2 Å². The number of amides is 1. The molecule has 1 aromatic heterocycles. The Morgan fingerprint density at radius 1 is 1.45 bits per heavy atom. The van der Waals surface area contributed by atoms with Crippen molar-refractivity contribution in [2.24, 2.45) is 5.92 Å². The molecule has 0 bridgehead atoms. The van der Waals surface area contributed by atoms with Crippen molar-refractivity contribution in [3.05, 3.63) is 35.1 Å². The van der Waals surface area contributed by atoms with Gasteiger partial charge in [-0.05, 0) is 41.0 Å². The van der Waals surface area contributed by atoms with Crippen molar-refractivity contribution < 1.29 is 9.90 Å². The van der Waals surface area contributed by atoms with Gasteiger partial charge in [-0.3, -0.25) is 4.79 Å². The third-order valence-corrected chi connectivity index (χ3v) is 3.53. The van der Waals surface area contributed by atoms with E-state index in [1.54, 1.807) is 18.2 Å². The predicted molar refractivity (Wildman–Crippen MR) is 82.0 cm³/mol. The smallest absolute Gasteiger partial charge is 0.253 e. The highest BCUT2D eigenvalue weighted by atomic mass is 35.5. The van der Waals surface area contributed by atoms with Crippen LogP contribution in [-0.2, 0) is 0 Å². The summed E-state index contributed by atoms with van der Waals surface area (Å²) in [7, 11) is 0. The number of aromatic nitrogens is 4. The molecule has 1 atom stereocenters. The first-order valence-electron chi connectivity index (χ1n) is 6.98. The molecule has 22 heavy (non-hydrogen) atoms. The van der Waals surface area contributed by atoms with E-state index in [2.05, 4.69) is 20.8 Å². The summed E-state index contributed by atoms with van der Waals surface area (Å²) in [6.07, 6.45) is 1.45. The highest BCUT2D eigenvalue weighted by Crippen LogP contribution is 2.19. The van der Waals surface area contributed by atoms with Crippen molar-refractivity contribution in [3.63, 3.8) is 0 Å². The normalized spacial score (nSPS) is 12.4. The van der Waals surface area contributed by atoms with E-state index in [1.165, 1.54) is 11.0 Å². The van der Waals surface area contributed by atoms with E-state index in [9.17, 15) is 9.90 Å². The highest BCUT2D eigenvalue weighted by Gasteiger charge is 2.15. The Hall–Kier alpha value is -1.99. The number of carbonyl (C=O) groups is 1. The molecule has 1 heterocycles. The van der Waals surface area contributed by atoms with Crippen LogP contribution in [0.5, 0.6) is 0 Å². The van der Waals surface area contributed by atoms with Crippen LogP contribution in [-0.4, -0.2) is 43.9 Å². The monoisotopic (exact) mass is 323 g/mol. The van der Waals surface area contributed by atoms with Crippen LogP contribution in [0.2, 0.25) is 5.02 Å². The number of aliphatic hydroxyl groups is 1. The lowest BCUT2D eigenvalue weighted by atomic mass is 10.0. The molecular weight excluding hydrogens is 306 g/mol. The molecule has 2 rings (SSSR count). The summed E-state index contributed by atoms with van der Waals surface area (Å²) in [6, 6.07) is 4.90. The number of hydrogen-bond acceptors (Lipinski definition) is 5. The third-order valence-electron chi connectivity index (χ3n) is 3.29. The maximum atomic E-state index is 12.3. The lowest BCUT2D eigenvalue weighted by molar-refractivity contribution is 0.0920. The van der Waals surface area contributed by atoms with E-state index >= 15 is 0 Å². The number of carbonyl (C=O) groups excluding carboxylic acids is 1. The Kier molecular flexibility index (Phi) is 5.46. The fourth-order valence-electron chi connectivity index (χ4n) is 1.92. The highest BCUT2D eigenvalue weighted by molar-refractivity contribution is 6.31. The topological polar surface area (TPSA) is 92.9 Å². The lowest BCUT2D eigenvalue weighted by Crippen LogP contribution is -2.29. The van der Waals surface area contributed by atoms with Gasteiger partial charge in [0.05, 0.1) is 17.4 Å². The summed E-state index contributed by atoms with van der Waals surface area (Å²) in [5.41, 5.74) is 0.912. The van der Waals surface area contributed by atoms with Gasteiger partial charge in [-0.1, -0.05) is 25.4 Å².